The molecule has 0 aliphatic carbocycles. The Morgan fingerprint density at radius 3 is 3.00 bits per heavy atom. The van der Waals surface area contributed by atoms with Crippen molar-refractivity contribution in [3.63, 3.8) is 0 Å². The summed E-state index contributed by atoms with van der Waals surface area (Å²) >= 11 is 0. The number of aromatic amines is 2. The summed E-state index contributed by atoms with van der Waals surface area (Å²) in [7, 11) is 0. The standard InChI is InChI=1S/C9H9N3O3/c1-2-15-8(13)5-3-10-4-6-7(5)12-9(14)11-6/h3-4H,2H2,1H3,(H2,11,12,14). The van der Waals surface area contributed by atoms with Crippen molar-refractivity contribution in [2.45, 2.75) is 6.92 Å². The van der Waals surface area contributed by atoms with Gasteiger partial charge in [-0.1, -0.05) is 0 Å². The van der Waals surface area contributed by atoms with Crippen LogP contribution in [0.2, 0.25) is 0 Å². The summed E-state index contributed by atoms with van der Waals surface area (Å²) in [6.07, 6.45) is 2.83. The number of hydrogen-bond acceptors (Lipinski definition) is 4. The van der Waals surface area contributed by atoms with Gasteiger partial charge in [-0.15, -0.1) is 0 Å². The third kappa shape index (κ3) is 1.61. The van der Waals surface area contributed by atoms with Gasteiger partial charge in [-0.25, -0.2) is 9.59 Å². The second-order valence-corrected chi connectivity index (χ2v) is 2.91. The van der Waals surface area contributed by atoms with Crippen LogP contribution in [0.3, 0.4) is 0 Å². The number of ether oxygens (including phenoxy) is 1. The highest BCUT2D eigenvalue weighted by Gasteiger charge is 2.13. The molecule has 0 unspecified atom stereocenters. The van der Waals surface area contributed by atoms with Crippen molar-refractivity contribution in [2.24, 2.45) is 0 Å². The zero-order valence-electron chi connectivity index (χ0n) is 8.03. The third-order valence-corrected chi connectivity index (χ3v) is 1.93. The Labute approximate surface area is 84.3 Å². The molecule has 2 aromatic heterocycles. The minimum Gasteiger partial charge on any atom is -0.462 e. The molecule has 6 heteroatoms. The molecule has 6 nitrogen and oxygen atoms in total. The van der Waals surface area contributed by atoms with Gasteiger partial charge in [0.2, 0.25) is 0 Å². The Morgan fingerprint density at radius 2 is 2.27 bits per heavy atom. The Morgan fingerprint density at radius 1 is 1.47 bits per heavy atom. The maximum absolute atomic E-state index is 11.5. The van der Waals surface area contributed by atoms with Gasteiger partial charge in [-0.3, -0.25) is 4.98 Å². The average Bonchev–Trinajstić information content (AvgIpc) is 2.57. The van der Waals surface area contributed by atoms with Crippen molar-refractivity contribution in [3.8, 4) is 0 Å². The van der Waals surface area contributed by atoms with Gasteiger partial charge < -0.3 is 14.7 Å². The molecule has 0 aromatic carbocycles. The van der Waals surface area contributed by atoms with Crippen LogP contribution in [0, 0.1) is 0 Å². The lowest BCUT2D eigenvalue weighted by Gasteiger charge is -2.01. The molecular weight excluding hydrogens is 198 g/mol. The van der Waals surface area contributed by atoms with Crippen LogP contribution in [0.5, 0.6) is 0 Å². The largest absolute Gasteiger partial charge is 0.462 e. The number of nitrogens with zero attached hydrogens (tertiary/aromatic N) is 1. The van der Waals surface area contributed by atoms with Gasteiger partial charge in [-0.05, 0) is 6.92 Å². The van der Waals surface area contributed by atoms with Crippen LogP contribution in [-0.4, -0.2) is 27.5 Å². The second kappa shape index (κ2) is 3.56. The van der Waals surface area contributed by atoms with Crippen molar-refractivity contribution in [1.29, 1.82) is 0 Å². The molecule has 0 bridgehead atoms. The Bertz CT molecular complexity index is 555. The minimum absolute atomic E-state index is 0.257. The quantitative estimate of drug-likeness (QED) is 0.699. The smallest absolute Gasteiger partial charge is 0.341 e. The van der Waals surface area contributed by atoms with E-state index in [4.69, 9.17) is 4.74 Å². The van der Waals surface area contributed by atoms with Crippen LogP contribution >= 0.6 is 0 Å². The lowest BCUT2D eigenvalue weighted by molar-refractivity contribution is 0.0528. The molecule has 0 radical (unpaired) electrons. The third-order valence-electron chi connectivity index (χ3n) is 1.93. The Hall–Kier alpha value is -2.11. The summed E-state index contributed by atoms with van der Waals surface area (Å²) in [5.74, 6) is -0.495. The van der Waals surface area contributed by atoms with E-state index in [0.717, 1.165) is 0 Å². The normalized spacial score (nSPS) is 10.5. The summed E-state index contributed by atoms with van der Waals surface area (Å²) in [4.78, 5) is 31.4. The number of rotatable bonds is 2. The number of hydrogen-bond donors (Lipinski definition) is 2. The van der Waals surface area contributed by atoms with E-state index in [-0.39, 0.29) is 17.9 Å². The molecule has 0 atom stereocenters. The highest BCUT2D eigenvalue weighted by molar-refractivity contribution is 6.01. The maximum Gasteiger partial charge on any atom is 0.341 e. The van der Waals surface area contributed by atoms with Crippen LogP contribution in [0.25, 0.3) is 11.0 Å². The number of nitrogens with one attached hydrogen (secondary N) is 2. The minimum atomic E-state index is -0.495. The molecule has 2 heterocycles. The first-order valence-electron chi connectivity index (χ1n) is 4.45. The molecule has 2 aromatic rings. The molecule has 0 saturated heterocycles. The number of carbonyl (C=O) groups is 1. The van der Waals surface area contributed by atoms with Crippen molar-refractivity contribution in [3.05, 3.63) is 28.4 Å². The van der Waals surface area contributed by atoms with Crippen LogP contribution in [0.4, 0.5) is 0 Å². The number of pyridine rings is 1. The fraction of sp³-hybridized carbons (Fsp3) is 0.222. The van der Waals surface area contributed by atoms with E-state index in [2.05, 4.69) is 15.0 Å². The summed E-state index contributed by atoms with van der Waals surface area (Å²) in [5.41, 5.74) is 0.801. The van der Waals surface area contributed by atoms with Gasteiger partial charge in [-0.2, -0.15) is 0 Å². The topological polar surface area (TPSA) is 87.8 Å². The van der Waals surface area contributed by atoms with Crippen molar-refractivity contribution >= 4 is 17.0 Å². The fourth-order valence-corrected chi connectivity index (χ4v) is 1.32. The van der Waals surface area contributed by atoms with Gasteiger partial charge in [0, 0.05) is 6.20 Å². The predicted molar refractivity (Wildman–Crippen MR) is 52.7 cm³/mol. The summed E-state index contributed by atoms with van der Waals surface area (Å²) in [6.45, 7) is 2.00. The molecule has 2 rings (SSSR count). The van der Waals surface area contributed by atoms with Gasteiger partial charge >= 0.3 is 11.7 Å². The highest BCUT2D eigenvalue weighted by Crippen LogP contribution is 2.12. The first-order valence-corrected chi connectivity index (χ1v) is 4.45. The number of aromatic nitrogens is 3. The predicted octanol–water partition coefficient (Wildman–Crippen LogP) is 0.428. The molecule has 0 amide bonds. The maximum atomic E-state index is 11.5. The Balaban J connectivity index is 2.60. The molecule has 0 fully saturated rings. The van der Waals surface area contributed by atoms with Gasteiger partial charge in [0.25, 0.3) is 0 Å². The molecular formula is C9H9N3O3. The van der Waals surface area contributed by atoms with Crippen LogP contribution in [0.15, 0.2) is 17.2 Å². The first-order chi connectivity index (χ1) is 7.22. The number of fused-ring (bicyclic) bond motifs is 1. The number of carbonyl (C=O) groups excluding carboxylic acids is 1. The van der Waals surface area contributed by atoms with E-state index in [1.807, 2.05) is 0 Å². The van der Waals surface area contributed by atoms with E-state index >= 15 is 0 Å². The molecule has 0 saturated carbocycles. The molecule has 0 aliphatic rings. The van der Waals surface area contributed by atoms with Gasteiger partial charge in [0.15, 0.2) is 0 Å². The monoisotopic (exact) mass is 207 g/mol. The molecule has 15 heavy (non-hydrogen) atoms. The first kappa shape index (κ1) is 9.45. The zero-order valence-corrected chi connectivity index (χ0v) is 8.03. The summed E-state index contributed by atoms with van der Waals surface area (Å²) in [5, 5.41) is 0. The van der Waals surface area contributed by atoms with Crippen LogP contribution in [0.1, 0.15) is 17.3 Å². The van der Waals surface area contributed by atoms with Crippen LogP contribution in [-0.2, 0) is 4.74 Å². The van der Waals surface area contributed by atoms with Crippen LogP contribution < -0.4 is 5.69 Å². The Kier molecular flexibility index (Phi) is 2.24. The number of esters is 1. The molecule has 2 N–H and O–H groups in total. The highest BCUT2D eigenvalue weighted by atomic mass is 16.5. The van der Waals surface area contributed by atoms with E-state index in [0.29, 0.717) is 11.0 Å². The van der Waals surface area contributed by atoms with Crippen molar-refractivity contribution in [1.82, 2.24) is 15.0 Å². The zero-order chi connectivity index (χ0) is 10.8. The van der Waals surface area contributed by atoms with Gasteiger partial charge in [0.1, 0.15) is 5.56 Å². The summed E-state index contributed by atoms with van der Waals surface area (Å²) < 4.78 is 4.83. The summed E-state index contributed by atoms with van der Waals surface area (Å²) in [6, 6.07) is 0. The fourth-order valence-electron chi connectivity index (χ4n) is 1.32. The van der Waals surface area contributed by atoms with E-state index < -0.39 is 5.97 Å². The van der Waals surface area contributed by atoms with Crippen molar-refractivity contribution in [2.75, 3.05) is 6.61 Å². The molecule has 0 aliphatic heterocycles. The van der Waals surface area contributed by atoms with E-state index in [1.54, 1.807) is 6.92 Å². The SMILES string of the molecule is CCOC(=O)c1cncc2[nH]c(=O)[nH]c12. The lowest BCUT2D eigenvalue weighted by Crippen LogP contribution is -2.06. The second-order valence-electron chi connectivity index (χ2n) is 2.91. The van der Waals surface area contributed by atoms with E-state index in [9.17, 15) is 9.59 Å². The van der Waals surface area contributed by atoms with Crippen molar-refractivity contribution < 1.29 is 9.53 Å². The lowest BCUT2D eigenvalue weighted by atomic mass is 10.2. The number of H-pyrrole nitrogens is 2. The van der Waals surface area contributed by atoms with Gasteiger partial charge in [0.05, 0.1) is 23.8 Å². The average molecular weight is 207 g/mol. The molecule has 78 valence electrons. The van der Waals surface area contributed by atoms with E-state index in [1.165, 1.54) is 12.4 Å². The molecule has 0 spiro atoms. The number of imidazole rings is 1.